The van der Waals surface area contributed by atoms with E-state index in [1.165, 1.54) is 23.2 Å². The third kappa shape index (κ3) is 3.41. The average Bonchev–Trinajstić information content (AvgIpc) is 2.41. The van der Waals surface area contributed by atoms with Crippen molar-refractivity contribution in [2.24, 2.45) is 0 Å². The summed E-state index contributed by atoms with van der Waals surface area (Å²) >= 11 is 0. The van der Waals surface area contributed by atoms with Crippen LogP contribution in [0.25, 0.3) is 0 Å². The van der Waals surface area contributed by atoms with E-state index in [2.05, 4.69) is 10.3 Å². The molecule has 1 aromatic carbocycles. The van der Waals surface area contributed by atoms with Crippen LogP contribution >= 0.6 is 0 Å². The highest BCUT2D eigenvalue weighted by molar-refractivity contribution is 5.90. The maximum Gasteiger partial charge on any atom is 0.253 e. The fourth-order valence-electron chi connectivity index (χ4n) is 1.55. The first-order valence-corrected chi connectivity index (χ1v) is 5.63. The Balaban J connectivity index is 2.05. The molecule has 2 aromatic rings. The van der Waals surface area contributed by atoms with Crippen molar-refractivity contribution in [1.29, 1.82) is 0 Å². The maximum absolute atomic E-state index is 11.8. The number of hydrogen-bond acceptors (Lipinski definition) is 4. The Hall–Kier alpha value is -2.63. The Bertz CT molecular complexity index is 637. The summed E-state index contributed by atoms with van der Waals surface area (Å²) in [6.07, 6.45) is 2.71. The van der Waals surface area contributed by atoms with Gasteiger partial charge in [0.1, 0.15) is 12.3 Å². The first kappa shape index (κ1) is 12.8. The van der Waals surface area contributed by atoms with Crippen molar-refractivity contribution in [3.05, 3.63) is 53.2 Å². The summed E-state index contributed by atoms with van der Waals surface area (Å²) in [6.45, 7) is -0.0795. The SMILES string of the molecule is COc1cccc(NC(=O)Cn2cnccc2=O)c1. The second kappa shape index (κ2) is 5.81. The highest BCUT2D eigenvalue weighted by Gasteiger charge is 2.05. The van der Waals surface area contributed by atoms with E-state index in [0.29, 0.717) is 11.4 Å². The number of aromatic nitrogens is 2. The van der Waals surface area contributed by atoms with E-state index in [9.17, 15) is 9.59 Å². The summed E-state index contributed by atoms with van der Waals surface area (Å²) in [7, 11) is 1.55. The summed E-state index contributed by atoms with van der Waals surface area (Å²) in [5.74, 6) is 0.347. The van der Waals surface area contributed by atoms with Crippen LogP contribution in [-0.4, -0.2) is 22.6 Å². The van der Waals surface area contributed by atoms with Gasteiger partial charge in [0.15, 0.2) is 0 Å². The van der Waals surface area contributed by atoms with E-state index in [-0.39, 0.29) is 18.0 Å². The molecular formula is C13H13N3O3. The zero-order valence-corrected chi connectivity index (χ0v) is 10.4. The number of hydrogen-bond donors (Lipinski definition) is 1. The molecule has 0 aliphatic carbocycles. The topological polar surface area (TPSA) is 73.2 Å². The van der Waals surface area contributed by atoms with E-state index in [0.717, 1.165) is 0 Å². The molecule has 6 nitrogen and oxygen atoms in total. The lowest BCUT2D eigenvalue weighted by Crippen LogP contribution is -2.26. The van der Waals surface area contributed by atoms with Gasteiger partial charge in [-0.3, -0.25) is 14.2 Å². The normalized spacial score (nSPS) is 9.95. The number of methoxy groups -OCH3 is 1. The number of carbonyl (C=O) groups is 1. The lowest BCUT2D eigenvalue weighted by molar-refractivity contribution is -0.116. The van der Waals surface area contributed by atoms with Crippen LogP contribution < -0.4 is 15.6 Å². The van der Waals surface area contributed by atoms with Crippen LogP contribution in [0.1, 0.15) is 0 Å². The maximum atomic E-state index is 11.8. The fraction of sp³-hybridized carbons (Fsp3) is 0.154. The van der Waals surface area contributed by atoms with Crippen LogP contribution in [0.2, 0.25) is 0 Å². The van der Waals surface area contributed by atoms with Gasteiger partial charge in [0.05, 0.1) is 13.4 Å². The lowest BCUT2D eigenvalue weighted by atomic mass is 10.3. The van der Waals surface area contributed by atoms with Crippen molar-refractivity contribution in [2.45, 2.75) is 6.54 Å². The zero-order valence-electron chi connectivity index (χ0n) is 10.4. The van der Waals surface area contributed by atoms with Gasteiger partial charge in [-0.25, -0.2) is 4.98 Å². The number of nitrogens with zero attached hydrogens (tertiary/aromatic N) is 2. The van der Waals surface area contributed by atoms with Crippen molar-refractivity contribution in [3.8, 4) is 5.75 Å². The highest BCUT2D eigenvalue weighted by atomic mass is 16.5. The van der Waals surface area contributed by atoms with E-state index < -0.39 is 0 Å². The van der Waals surface area contributed by atoms with Crippen LogP contribution in [0.4, 0.5) is 5.69 Å². The summed E-state index contributed by atoms with van der Waals surface area (Å²) in [4.78, 5) is 27.0. The van der Waals surface area contributed by atoms with Gasteiger partial charge in [-0.1, -0.05) is 6.07 Å². The van der Waals surface area contributed by atoms with Crippen molar-refractivity contribution >= 4 is 11.6 Å². The number of rotatable bonds is 4. The Morgan fingerprint density at radius 3 is 3.00 bits per heavy atom. The Morgan fingerprint density at radius 1 is 1.42 bits per heavy atom. The Morgan fingerprint density at radius 2 is 2.26 bits per heavy atom. The summed E-state index contributed by atoms with van der Waals surface area (Å²) in [5.41, 5.74) is 0.345. The molecule has 0 aliphatic heterocycles. The predicted molar refractivity (Wildman–Crippen MR) is 70.1 cm³/mol. The molecule has 0 radical (unpaired) electrons. The van der Waals surface area contributed by atoms with Gasteiger partial charge >= 0.3 is 0 Å². The number of ether oxygens (including phenoxy) is 1. The molecular weight excluding hydrogens is 246 g/mol. The molecule has 0 aliphatic rings. The molecule has 19 heavy (non-hydrogen) atoms. The van der Waals surface area contributed by atoms with Gasteiger partial charge in [-0.2, -0.15) is 0 Å². The Kier molecular flexibility index (Phi) is 3.92. The van der Waals surface area contributed by atoms with Gasteiger partial charge in [-0.15, -0.1) is 0 Å². The second-order valence-electron chi connectivity index (χ2n) is 3.83. The van der Waals surface area contributed by atoms with Gasteiger partial charge in [0.25, 0.3) is 5.56 Å². The largest absolute Gasteiger partial charge is 0.497 e. The molecule has 0 saturated carbocycles. The first-order valence-electron chi connectivity index (χ1n) is 5.63. The minimum atomic E-state index is -0.302. The van der Waals surface area contributed by atoms with Crippen LogP contribution in [0.5, 0.6) is 5.75 Å². The summed E-state index contributed by atoms with van der Waals surface area (Å²) in [5, 5.41) is 2.69. The lowest BCUT2D eigenvalue weighted by Gasteiger charge is -2.07. The molecule has 0 spiro atoms. The molecule has 0 atom stereocenters. The molecule has 0 fully saturated rings. The minimum Gasteiger partial charge on any atom is -0.497 e. The first-order chi connectivity index (χ1) is 9.19. The van der Waals surface area contributed by atoms with Crippen molar-refractivity contribution < 1.29 is 9.53 Å². The third-order valence-electron chi connectivity index (χ3n) is 2.46. The average molecular weight is 259 g/mol. The van der Waals surface area contributed by atoms with Crippen molar-refractivity contribution in [1.82, 2.24) is 9.55 Å². The third-order valence-corrected chi connectivity index (χ3v) is 2.46. The molecule has 1 aromatic heterocycles. The monoisotopic (exact) mass is 259 g/mol. The van der Waals surface area contributed by atoms with Crippen molar-refractivity contribution in [3.63, 3.8) is 0 Å². The number of amides is 1. The second-order valence-corrected chi connectivity index (χ2v) is 3.83. The molecule has 6 heteroatoms. The molecule has 0 saturated heterocycles. The molecule has 98 valence electrons. The highest BCUT2D eigenvalue weighted by Crippen LogP contribution is 2.16. The van der Waals surface area contributed by atoms with Gasteiger partial charge < -0.3 is 10.1 Å². The molecule has 1 heterocycles. The van der Waals surface area contributed by atoms with Gasteiger partial charge in [0, 0.05) is 24.0 Å². The summed E-state index contributed by atoms with van der Waals surface area (Å²) < 4.78 is 6.29. The van der Waals surface area contributed by atoms with Crippen LogP contribution in [0.3, 0.4) is 0 Å². The van der Waals surface area contributed by atoms with E-state index in [4.69, 9.17) is 4.74 Å². The predicted octanol–water partition coefficient (Wildman–Crippen LogP) is 0.891. The van der Waals surface area contributed by atoms with Gasteiger partial charge in [-0.05, 0) is 12.1 Å². The quantitative estimate of drug-likeness (QED) is 0.885. The fourth-order valence-corrected chi connectivity index (χ4v) is 1.55. The molecule has 0 unspecified atom stereocenters. The molecule has 2 rings (SSSR count). The molecule has 0 bridgehead atoms. The van der Waals surface area contributed by atoms with E-state index in [1.807, 2.05) is 0 Å². The number of nitrogens with one attached hydrogen (secondary N) is 1. The summed E-state index contributed by atoms with van der Waals surface area (Å²) in [6, 6.07) is 8.29. The van der Waals surface area contributed by atoms with E-state index in [1.54, 1.807) is 31.4 Å². The smallest absolute Gasteiger partial charge is 0.253 e. The van der Waals surface area contributed by atoms with Crippen LogP contribution in [0, 0.1) is 0 Å². The van der Waals surface area contributed by atoms with Crippen molar-refractivity contribution in [2.75, 3.05) is 12.4 Å². The number of benzene rings is 1. The van der Waals surface area contributed by atoms with E-state index >= 15 is 0 Å². The van der Waals surface area contributed by atoms with Crippen LogP contribution in [-0.2, 0) is 11.3 Å². The van der Waals surface area contributed by atoms with Crippen LogP contribution in [0.15, 0.2) is 47.7 Å². The zero-order chi connectivity index (χ0) is 13.7. The molecule has 1 N–H and O–H groups in total. The Labute approximate surface area is 109 Å². The minimum absolute atomic E-state index is 0.0795. The number of anilines is 1. The number of carbonyl (C=O) groups excluding carboxylic acids is 1. The molecule has 1 amide bonds. The van der Waals surface area contributed by atoms with Gasteiger partial charge in [0.2, 0.25) is 5.91 Å². The standard InChI is InChI=1S/C13H13N3O3/c1-19-11-4-2-3-10(7-11)15-12(17)8-16-9-14-6-5-13(16)18/h2-7,9H,8H2,1H3,(H,15,17).